The lowest BCUT2D eigenvalue weighted by Crippen LogP contribution is -2.39. The minimum Gasteiger partial charge on any atom is -0.341 e. The number of hydrogen-bond donors (Lipinski definition) is 2. The molecule has 1 aromatic heterocycles. The summed E-state index contributed by atoms with van der Waals surface area (Å²) in [6.07, 6.45) is 2.41. The Morgan fingerprint density at radius 3 is 2.83 bits per heavy atom. The zero-order valence-electron chi connectivity index (χ0n) is 11.4. The maximum absolute atomic E-state index is 12.4. The van der Waals surface area contributed by atoms with Crippen LogP contribution in [-0.4, -0.2) is 47.7 Å². The minimum absolute atomic E-state index is 0.0734. The van der Waals surface area contributed by atoms with Crippen LogP contribution in [0.5, 0.6) is 0 Å². The number of aromatic nitrogens is 2. The van der Waals surface area contributed by atoms with Gasteiger partial charge in [0.15, 0.2) is 0 Å². The Morgan fingerprint density at radius 2 is 2.28 bits per heavy atom. The summed E-state index contributed by atoms with van der Waals surface area (Å²) in [5.41, 5.74) is 2.36. The van der Waals surface area contributed by atoms with Gasteiger partial charge < -0.3 is 10.2 Å². The average molecular weight is 250 g/mol. The van der Waals surface area contributed by atoms with Gasteiger partial charge >= 0.3 is 0 Å². The molecule has 2 rings (SSSR count). The van der Waals surface area contributed by atoms with Crippen molar-refractivity contribution in [1.29, 1.82) is 0 Å². The van der Waals surface area contributed by atoms with Crippen molar-refractivity contribution in [3.63, 3.8) is 0 Å². The van der Waals surface area contributed by atoms with Gasteiger partial charge in [-0.3, -0.25) is 9.89 Å². The highest BCUT2D eigenvalue weighted by Gasteiger charge is 2.22. The van der Waals surface area contributed by atoms with Crippen LogP contribution in [0.4, 0.5) is 0 Å². The van der Waals surface area contributed by atoms with Gasteiger partial charge in [0.25, 0.3) is 5.91 Å². The zero-order valence-corrected chi connectivity index (χ0v) is 11.4. The molecule has 0 spiro atoms. The van der Waals surface area contributed by atoms with Crippen LogP contribution < -0.4 is 5.32 Å². The Hall–Kier alpha value is -1.36. The molecule has 0 bridgehead atoms. The van der Waals surface area contributed by atoms with E-state index in [-0.39, 0.29) is 5.91 Å². The topological polar surface area (TPSA) is 61.0 Å². The highest BCUT2D eigenvalue weighted by Crippen LogP contribution is 2.15. The number of nitrogens with one attached hydrogen (secondary N) is 2. The largest absolute Gasteiger partial charge is 0.341 e. The SMILES string of the molecule is Cc1n[nH]c(C)c1C(=O)N(C)CC1CCCNC1. The van der Waals surface area contributed by atoms with E-state index in [0.717, 1.165) is 36.6 Å². The zero-order chi connectivity index (χ0) is 13.1. The van der Waals surface area contributed by atoms with Crippen molar-refractivity contribution >= 4 is 5.91 Å². The van der Waals surface area contributed by atoms with Gasteiger partial charge in [0.05, 0.1) is 11.3 Å². The maximum Gasteiger partial charge on any atom is 0.257 e. The highest BCUT2D eigenvalue weighted by molar-refractivity contribution is 5.96. The fourth-order valence-electron chi connectivity index (χ4n) is 2.61. The molecule has 100 valence electrons. The van der Waals surface area contributed by atoms with Gasteiger partial charge in [-0.05, 0) is 45.7 Å². The molecule has 5 heteroatoms. The van der Waals surface area contributed by atoms with Crippen molar-refractivity contribution in [2.75, 3.05) is 26.7 Å². The van der Waals surface area contributed by atoms with Crippen LogP contribution in [0.3, 0.4) is 0 Å². The Kier molecular flexibility index (Phi) is 4.01. The fraction of sp³-hybridized carbons (Fsp3) is 0.692. The molecule has 1 unspecified atom stereocenters. The molecular weight excluding hydrogens is 228 g/mol. The minimum atomic E-state index is 0.0734. The number of rotatable bonds is 3. The van der Waals surface area contributed by atoms with E-state index >= 15 is 0 Å². The number of piperidine rings is 1. The van der Waals surface area contributed by atoms with Crippen molar-refractivity contribution in [2.24, 2.45) is 5.92 Å². The lowest BCUT2D eigenvalue weighted by Gasteiger charge is -2.27. The van der Waals surface area contributed by atoms with Crippen LogP contribution >= 0.6 is 0 Å². The van der Waals surface area contributed by atoms with E-state index in [2.05, 4.69) is 15.5 Å². The first-order valence-electron chi connectivity index (χ1n) is 6.57. The number of carbonyl (C=O) groups excluding carboxylic acids is 1. The first-order chi connectivity index (χ1) is 8.59. The summed E-state index contributed by atoms with van der Waals surface area (Å²) in [5, 5.41) is 10.3. The number of aromatic amines is 1. The predicted octanol–water partition coefficient (Wildman–Crippen LogP) is 1.10. The van der Waals surface area contributed by atoms with Gasteiger partial charge in [-0.15, -0.1) is 0 Å². The standard InChI is InChI=1S/C13H22N4O/c1-9-12(10(2)16-15-9)13(18)17(3)8-11-5-4-6-14-7-11/h11,14H,4-8H2,1-3H3,(H,15,16). The van der Waals surface area contributed by atoms with Crippen LogP contribution in [0.25, 0.3) is 0 Å². The Labute approximate surface area is 108 Å². The second kappa shape index (κ2) is 5.52. The van der Waals surface area contributed by atoms with Crippen LogP contribution in [-0.2, 0) is 0 Å². The molecule has 0 aromatic carbocycles. The Bertz CT molecular complexity index is 401. The normalized spacial score (nSPS) is 19.8. The van der Waals surface area contributed by atoms with Gasteiger partial charge in [-0.25, -0.2) is 0 Å². The first kappa shape index (κ1) is 13.1. The molecule has 1 amide bonds. The van der Waals surface area contributed by atoms with Gasteiger partial charge in [0.1, 0.15) is 0 Å². The predicted molar refractivity (Wildman–Crippen MR) is 70.6 cm³/mol. The number of aryl methyl sites for hydroxylation is 2. The quantitative estimate of drug-likeness (QED) is 0.844. The average Bonchev–Trinajstić information content (AvgIpc) is 2.69. The summed E-state index contributed by atoms with van der Waals surface area (Å²) >= 11 is 0. The number of amides is 1. The van der Waals surface area contributed by atoms with E-state index in [1.165, 1.54) is 12.8 Å². The highest BCUT2D eigenvalue weighted by atomic mass is 16.2. The third kappa shape index (κ3) is 2.72. The summed E-state index contributed by atoms with van der Waals surface area (Å²) in [6, 6.07) is 0. The lowest BCUT2D eigenvalue weighted by atomic mass is 9.99. The summed E-state index contributed by atoms with van der Waals surface area (Å²) in [4.78, 5) is 14.2. The van der Waals surface area contributed by atoms with Gasteiger partial charge in [-0.2, -0.15) is 5.10 Å². The molecule has 2 heterocycles. The molecule has 1 fully saturated rings. The smallest absolute Gasteiger partial charge is 0.257 e. The van der Waals surface area contributed by atoms with Crippen molar-refractivity contribution in [3.05, 3.63) is 17.0 Å². The van der Waals surface area contributed by atoms with E-state index in [9.17, 15) is 4.79 Å². The van der Waals surface area contributed by atoms with Crippen molar-refractivity contribution in [2.45, 2.75) is 26.7 Å². The number of hydrogen-bond acceptors (Lipinski definition) is 3. The fourth-order valence-corrected chi connectivity index (χ4v) is 2.61. The second-order valence-corrected chi connectivity index (χ2v) is 5.21. The molecule has 1 atom stereocenters. The molecule has 0 radical (unpaired) electrons. The van der Waals surface area contributed by atoms with Crippen molar-refractivity contribution in [1.82, 2.24) is 20.4 Å². The summed E-state index contributed by atoms with van der Waals surface area (Å²) < 4.78 is 0. The van der Waals surface area contributed by atoms with Crippen LogP contribution in [0.2, 0.25) is 0 Å². The summed E-state index contributed by atoms with van der Waals surface area (Å²) in [6.45, 7) is 6.70. The lowest BCUT2D eigenvalue weighted by molar-refractivity contribution is 0.0763. The number of nitrogens with zero attached hydrogens (tertiary/aromatic N) is 2. The number of H-pyrrole nitrogens is 1. The Balaban J connectivity index is 2.00. The molecule has 0 aliphatic carbocycles. The van der Waals surface area contributed by atoms with E-state index < -0.39 is 0 Å². The molecule has 5 nitrogen and oxygen atoms in total. The molecule has 0 saturated carbocycles. The third-order valence-corrected chi connectivity index (χ3v) is 3.62. The monoisotopic (exact) mass is 250 g/mol. The van der Waals surface area contributed by atoms with Crippen LogP contribution in [0.15, 0.2) is 0 Å². The van der Waals surface area contributed by atoms with Crippen molar-refractivity contribution in [3.8, 4) is 0 Å². The summed E-state index contributed by atoms with van der Waals surface area (Å²) in [5.74, 6) is 0.643. The van der Waals surface area contributed by atoms with E-state index in [4.69, 9.17) is 0 Å². The molecule has 1 saturated heterocycles. The molecule has 1 aliphatic rings. The molecule has 2 N–H and O–H groups in total. The Morgan fingerprint density at radius 1 is 1.50 bits per heavy atom. The first-order valence-corrected chi connectivity index (χ1v) is 6.57. The third-order valence-electron chi connectivity index (χ3n) is 3.62. The van der Waals surface area contributed by atoms with E-state index in [0.29, 0.717) is 5.92 Å². The molecule has 1 aromatic rings. The molecule has 18 heavy (non-hydrogen) atoms. The van der Waals surface area contributed by atoms with E-state index in [1.807, 2.05) is 25.8 Å². The molecular formula is C13H22N4O. The van der Waals surface area contributed by atoms with Crippen LogP contribution in [0.1, 0.15) is 34.6 Å². The van der Waals surface area contributed by atoms with Gasteiger partial charge in [-0.1, -0.05) is 0 Å². The van der Waals surface area contributed by atoms with Crippen LogP contribution in [0, 0.1) is 19.8 Å². The summed E-state index contributed by atoms with van der Waals surface area (Å²) in [7, 11) is 1.88. The number of carbonyl (C=O) groups is 1. The maximum atomic E-state index is 12.4. The van der Waals surface area contributed by atoms with E-state index in [1.54, 1.807) is 0 Å². The van der Waals surface area contributed by atoms with Crippen molar-refractivity contribution < 1.29 is 4.79 Å². The van der Waals surface area contributed by atoms with Gasteiger partial charge in [0.2, 0.25) is 0 Å². The second-order valence-electron chi connectivity index (χ2n) is 5.21. The van der Waals surface area contributed by atoms with Gasteiger partial charge in [0, 0.05) is 19.3 Å². The molecule has 1 aliphatic heterocycles.